The van der Waals surface area contributed by atoms with Crippen LogP contribution in [0.2, 0.25) is 0 Å². The summed E-state index contributed by atoms with van der Waals surface area (Å²) >= 11 is 1.90. The summed E-state index contributed by atoms with van der Waals surface area (Å²) in [4.78, 5) is 14.4. The number of hydrogen-bond donors (Lipinski definition) is 2. The molecule has 1 saturated heterocycles. The topological polar surface area (TPSA) is 52.6 Å². The fourth-order valence-electron chi connectivity index (χ4n) is 2.61. The minimum atomic E-state index is 0.0224. The maximum atomic E-state index is 12.2. The number of nitrogens with zero attached hydrogens (tertiary/aromatic N) is 1. The largest absolute Gasteiger partial charge is 0.396 e. The summed E-state index contributed by atoms with van der Waals surface area (Å²) in [6, 6.07) is 10.3. The van der Waals surface area contributed by atoms with Crippen molar-refractivity contribution in [3.63, 3.8) is 0 Å². The fraction of sp³-hybridized carbons (Fsp3) is 0.562. The van der Waals surface area contributed by atoms with Crippen LogP contribution in [0.15, 0.2) is 30.3 Å². The zero-order chi connectivity index (χ0) is 15.1. The van der Waals surface area contributed by atoms with E-state index in [0.717, 1.165) is 30.0 Å². The van der Waals surface area contributed by atoms with Gasteiger partial charge >= 0.3 is 0 Å². The zero-order valence-electron chi connectivity index (χ0n) is 12.5. The third kappa shape index (κ3) is 5.02. The summed E-state index contributed by atoms with van der Waals surface area (Å²) < 4.78 is 0. The predicted molar refractivity (Wildman–Crippen MR) is 87.4 cm³/mol. The quantitative estimate of drug-likeness (QED) is 0.839. The first-order valence-electron chi connectivity index (χ1n) is 7.47. The Bertz CT molecular complexity index is 439. The highest BCUT2D eigenvalue weighted by Gasteiger charge is 2.24. The van der Waals surface area contributed by atoms with Gasteiger partial charge in [-0.3, -0.25) is 9.69 Å². The number of benzene rings is 1. The molecule has 1 fully saturated rings. The molecule has 0 saturated carbocycles. The van der Waals surface area contributed by atoms with Gasteiger partial charge in [-0.05, 0) is 18.9 Å². The maximum Gasteiger partial charge on any atom is 0.234 e. The van der Waals surface area contributed by atoms with Crippen molar-refractivity contribution in [1.29, 1.82) is 0 Å². The van der Waals surface area contributed by atoms with E-state index in [-0.39, 0.29) is 18.6 Å². The molecule has 2 atom stereocenters. The Kier molecular flexibility index (Phi) is 6.54. The molecule has 0 aliphatic carbocycles. The Morgan fingerprint density at radius 1 is 1.48 bits per heavy atom. The smallest absolute Gasteiger partial charge is 0.234 e. The number of carbonyl (C=O) groups is 1. The Morgan fingerprint density at radius 3 is 2.95 bits per heavy atom. The lowest BCUT2D eigenvalue weighted by atomic mass is 10.1. The number of rotatable bonds is 6. The van der Waals surface area contributed by atoms with Gasteiger partial charge in [0.15, 0.2) is 0 Å². The molecule has 116 valence electrons. The molecule has 5 heteroatoms. The molecule has 0 spiro atoms. The molecule has 0 aromatic heterocycles. The molecule has 0 radical (unpaired) electrons. The van der Waals surface area contributed by atoms with Crippen LogP contribution in [0.25, 0.3) is 0 Å². The molecule has 21 heavy (non-hydrogen) atoms. The van der Waals surface area contributed by atoms with Gasteiger partial charge in [0.05, 0.1) is 12.6 Å². The van der Waals surface area contributed by atoms with E-state index < -0.39 is 0 Å². The van der Waals surface area contributed by atoms with Crippen LogP contribution in [-0.2, 0) is 4.79 Å². The van der Waals surface area contributed by atoms with Crippen LogP contribution in [0.5, 0.6) is 0 Å². The zero-order valence-corrected chi connectivity index (χ0v) is 13.3. The van der Waals surface area contributed by atoms with E-state index in [9.17, 15) is 4.79 Å². The molecule has 1 aromatic carbocycles. The van der Waals surface area contributed by atoms with Crippen molar-refractivity contribution < 1.29 is 9.90 Å². The number of thioether (sulfide) groups is 1. The van der Waals surface area contributed by atoms with Crippen molar-refractivity contribution in [2.24, 2.45) is 0 Å². The summed E-state index contributed by atoms with van der Waals surface area (Å²) in [5.41, 5.74) is 1.12. The Hall–Kier alpha value is -1.04. The first kappa shape index (κ1) is 16.3. The van der Waals surface area contributed by atoms with Gasteiger partial charge < -0.3 is 10.4 Å². The lowest BCUT2D eigenvalue weighted by Crippen LogP contribution is -2.48. The van der Waals surface area contributed by atoms with E-state index in [2.05, 4.69) is 10.2 Å². The Morgan fingerprint density at radius 2 is 2.24 bits per heavy atom. The molecule has 0 bridgehead atoms. The lowest BCUT2D eigenvalue weighted by Gasteiger charge is -2.34. The number of amides is 1. The second-order valence-electron chi connectivity index (χ2n) is 5.41. The van der Waals surface area contributed by atoms with E-state index in [1.54, 1.807) is 0 Å². The molecule has 1 aliphatic heterocycles. The average molecular weight is 308 g/mol. The van der Waals surface area contributed by atoms with Crippen LogP contribution in [0, 0.1) is 0 Å². The molecule has 1 aromatic rings. The van der Waals surface area contributed by atoms with Gasteiger partial charge in [-0.2, -0.15) is 11.8 Å². The summed E-state index contributed by atoms with van der Waals surface area (Å²) in [6.07, 6.45) is 0.745. The summed E-state index contributed by atoms with van der Waals surface area (Å²) in [6.45, 7) is 3.53. The number of hydrogen-bond acceptors (Lipinski definition) is 4. The minimum absolute atomic E-state index is 0.0224. The van der Waals surface area contributed by atoms with Gasteiger partial charge in [-0.1, -0.05) is 30.3 Å². The minimum Gasteiger partial charge on any atom is -0.396 e. The highest BCUT2D eigenvalue weighted by atomic mass is 32.2. The third-order valence-electron chi connectivity index (χ3n) is 3.84. The third-order valence-corrected chi connectivity index (χ3v) is 4.93. The van der Waals surface area contributed by atoms with E-state index in [0.29, 0.717) is 12.6 Å². The van der Waals surface area contributed by atoms with Crippen molar-refractivity contribution in [2.45, 2.75) is 25.4 Å². The van der Waals surface area contributed by atoms with Crippen LogP contribution in [0.1, 0.15) is 24.9 Å². The number of carbonyl (C=O) groups excluding carboxylic acids is 1. The maximum absolute atomic E-state index is 12.2. The summed E-state index contributed by atoms with van der Waals surface area (Å²) in [5, 5.41) is 12.2. The number of nitrogens with one attached hydrogen (secondary N) is 1. The standard InChI is InChI=1S/C16H24N2O2S/c1-13(14-5-3-2-4-6-14)17-16(20)11-18-8-10-21-12-15(18)7-9-19/h2-6,13,15,19H,7-12H2,1H3,(H,17,20). The molecule has 1 heterocycles. The van der Waals surface area contributed by atoms with Crippen molar-refractivity contribution >= 4 is 17.7 Å². The van der Waals surface area contributed by atoms with Crippen LogP contribution in [0.4, 0.5) is 0 Å². The average Bonchev–Trinajstić information content (AvgIpc) is 2.50. The van der Waals surface area contributed by atoms with Gasteiger partial charge in [0.25, 0.3) is 0 Å². The Balaban J connectivity index is 1.85. The SMILES string of the molecule is CC(NC(=O)CN1CCSCC1CCO)c1ccccc1. The van der Waals surface area contributed by atoms with Gasteiger partial charge in [0.1, 0.15) is 0 Å². The van der Waals surface area contributed by atoms with Gasteiger partial charge in [0, 0.05) is 30.7 Å². The van der Waals surface area contributed by atoms with E-state index in [4.69, 9.17) is 5.11 Å². The molecular formula is C16H24N2O2S. The van der Waals surface area contributed by atoms with Gasteiger partial charge in [-0.15, -0.1) is 0 Å². The fourth-order valence-corrected chi connectivity index (χ4v) is 3.79. The van der Waals surface area contributed by atoms with Crippen LogP contribution < -0.4 is 5.32 Å². The van der Waals surface area contributed by atoms with Gasteiger partial charge in [0.2, 0.25) is 5.91 Å². The van der Waals surface area contributed by atoms with Crippen LogP contribution >= 0.6 is 11.8 Å². The Labute approximate surface area is 130 Å². The first-order valence-corrected chi connectivity index (χ1v) is 8.63. The number of aliphatic hydroxyl groups excluding tert-OH is 1. The molecule has 4 nitrogen and oxygen atoms in total. The lowest BCUT2D eigenvalue weighted by molar-refractivity contribution is -0.123. The van der Waals surface area contributed by atoms with Gasteiger partial charge in [-0.25, -0.2) is 0 Å². The second kappa shape index (κ2) is 8.41. The van der Waals surface area contributed by atoms with E-state index in [1.165, 1.54) is 0 Å². The number of aliphatic hydroxyl groups is 1. The summed E-state index contributed by atoms with van der Waals surface area (Å²) in [5.74, 6) is 2.12. The first-order chi connectivity index (χ1) is 10.2. The monoisotopic (exact) mass is 308 g/mol. The van der Waals surface area contributed by atoms with Crippen molar-refractivity contribution in [1.82, 2.24) is 10.2 Å². The summed E-state index contributed by atoms with van der Waals surface area (Å²) in [7, 11) is 0. The molecule has 2 N–H and O–H groups in total. The van der Waals surface area contributed by atoms with E-state index in [1.807, 2.05) is 49.0 Å². The molecule has 1 aliphatic rings. The van der Waals surface area contributed by atoms with Crippen molar-refractivity contribution in [3.05, 3.63) is 35.9 Å². The second-order valence-corrected chi connectivity index (χ2v) is 6.56. The van der Waals surface area contributed by atoms with Crippen molar-refractivity contribution in [3.8, 4) is 0 Å². The highest BCUT2D eigenvalue weighted by molar-refractivity contribution is 7.99. The van der Waals surface area contributed by atoms with Crippen LogP contribution in [-0.4, -0.2) is 53.2 Å². The molecule has 1 amide bonds. The van der Waals surface area contributed by atoms with Crippen LogP contribution in [0.3, 0.4) is 0 Å². The normalized spacial score (nSPS) is 21.0. The molecule has 2 rings (SSSR count). The van der Waals surface area contributed by atoms with Crippen molar-refractivity contribution in [2.75, 3.05) is 31.2 Å². The highest BCUT2D eigenvalue weighted by Crippen LogP contribution is 2.18. The predicted octanol–water partition coefficient (Wildman–Crippen LogP) is 1.66. The van der Waals surface area contributed by atoms with E-state index >= 15 is 0 Å². The molecular weight excluding hydrogens is 284 g/mol. The molecule has 2 unspecified atom stereocenters.